The van der Waals surface area contributed by atoms with Crippen LogP contribution in [0.15, 0.2) is 28.2 Å². The average Bonchev–Trinajstić information content (AvgIpc) is 2.34. The van der Waals surface area contributed by atoms with E-state index in [1.54, 1.807) is 25.1 Å². The van der Waals surface area contributed by atoms with Crippen molar-refractivity contribution in [1.29, 1.82) is 0 Å². The Kier molecular flexibility index (Phi) is 5.17. The quantitative estimate of drug-likeness (QED) is 0.544. The molecule has 0 aliphatic heterocycles. The maximum absolute atomic E-state index is 9.58. The smallest absolute Gasteiger partial charge is 0.218 e. The summed E-state index contributed by atoms with van der Waals surface area (Å²) in [5, 5.41) is 9.58. The van der Waals surface area contributed by atoms with Gasteiger partial charge in [0.1, 0.15) is 5.75 Å². The van der Waals surface area contributed by atoms with E-state index in [1.165, 1.54) is 0 Å². The molecule has 0 saturated carbocycles. The number of rotatable bonds is 3. The number of benzene rings is 1. The van der Waals surface area contributed by atoms with Crippen molar-refractivity contribution >= 4 is 11.9 Å². The zero-order valence-corrected chi connectivity index (χ0v) is 11.6. The van der Waals surface area contributed by atoms with Gasteiger partial charge in [0.25, 0.3) is 0 Å². The third kappa shape index (κ3) is 4.50. The van der Waals surface area contributed by atoms with Gasteiger partial charge in [0.15, 0.2) is 5.96 Å². The molecule has 0 saturated heterocycles. The Morgan fingerprint density at radius 3 is 2.63 bits per heavy atom. The van der Waals surface area contributed by atoms with Gasteiger partial charge >= 0.3 is 0 Å². The fraction of sp³-hybridized carbons (Fsp3) is 0.385. The highest BCUT2D eigenvalue weighted by atomic mass is 16.3. The third-order valence-corrected chi connectivity index (χ3v) is 2.76. The fourth-order valence-electron chi connectivity index (χ4n) is 1.48. The second-order valence-corrected chi connectivity index (χ2v) is 4.42. The van der Waals surface area contributed by atoms with Crippen LogP contribution >= 0.6 is 0 Å². The minimum atomic E-state index is 0.156. The van der Waals surface area contributed by atoms with E-state index in [4.69, 9.17) is 11.5 Å². The molecule has 0 spiro atoms. The molecular formula is C13H21N5O. The molecule has 0 amide bonds. The number of nitrogens with zero attached hydrogens (tertiary/aromatic N) is 3. The molecule has 0 aromatic heterocycles. The molecule has 1 aromatic rings. The molecule has 5 N–H and O–H groups in total. The predicted octanol–water partition coefficient (Wildman–Crippen LogP) is 0.434. The van der Waals surface area contributed by atoms with Crippen molar-refractivity contribution in [3.05, 3.63) is 29.3 Å². The molecule has 0 aliphatic carbocycles. The summed E-state index contributed by atoms with van der Waals surface area (Å²) in [5.74, 6) is 0.767. The highest BCUT2D eigenvalue weighted by Gasteiger charge is 2.02. The Bertz CT molecular complexity index is 494. The van der Waals surface area contributed by atoms with Crippen LogP contribution in [0, 0.1) is 6.92 Å². The van der Waals surface area contributed by atoms with Crippen LogP contribution in [0.25, 0.3) is 0 Å². The Hall–Kier alpha value is -2.24. The molecule has 0 aliphatic rings. The van der Waals surface area contributed by atoms with Crippen LogP contribution in [0.3, 0.4) is 0 Å². The van der Waals surface area contributed by atoms with Crippen molar-refractivity contribution in [3.63, 3.8) is 0 Å². The van der Waals surface area contributed by atoms with Crippen LogP contribution in [0.4, 0.5) is 0 Å². The molecule has 19 heavy (non-hydrogen) atoms. The van der Waals surface area contributed by atoms with Gasteiger partial charge in [-0.1, -0.05) is 12.1 Å². The molecule has 1 aromatic carbocycles. The number of guanidine groups is 2. The van der Waals surface area contributed by atoms with Gasteiger partial charge in [0, 0.05) is 20.6 Å². The van der Waals surface area contributed by atoms with Gasteiger partial charge in [-0.05, 0) is 30.5 Å². The summed E-state index contributed by atoms with van der Waals surface area (Å²) >= 11 is 0. The third-order valence-electron chi connectivity index (χ3n) is 2.76. The lowest BCUT2D eigenvalue weighted by atomic mass is 10.1. The Labute approximate surface area is 113 Å². The van der Waals surface area contributed by atoms with E-state index in [0.717, 1.165) is 11.1 Å². The summed E-state index contributed by atoms with van der Waals surface area (Å²) in [6, 6.07) is 5.43. The molecule has 0 radical (unpaired) electrons. The minimum Gasteiger partial charge on any atom is -0.508 e. The molecule has 104 valence electrons. The summed E-state index contributed by atoms with van der Waals surface area (Å²) in [5.41, 5.74) is 13.2. The molecular weight excluding hydrogens is 242 g/mol. The van der Waals surface area contributed by atoms with E-state index >= 15 is 0 Å². The SMILES string of the molecule is Cc1c(O)cccc1CCN=C(N)/N=C(\N)N(C)C. The van der Waals surface area contributed by atoms with Crippen molar-refractivity contribution in [2.24, 2.45) is 21.5 Å². The second-order valence-electron chi connectivity index (χ2n) is 4.42. The van der Waals surface area contributed by atoms with Gasteiger partial charge in [-0.3, -0.25) is 4.99 Å². The van der Waals surface area contributed by atoms with Crippen molar-refractivity contribution < 1.29 is 5.11 Å². The van der Waals surface area contributed by atoms with Crippen LogP contribution in [0.5, 0.6) is 5.75 Å². The lowest BCUT2D eigenvalue weighted by Gasteiger charge is -2.09. The second kappa shape index (κ2) is 6.63. The van der Waals surface area contributed by atoms with Gasteiger partial charge in [-0.25, -0.2) is 0 Å². The van der Waals surface area contributed by atoms with Gasteiger partial charge in [-0.15, -0.1) is 0 Å². The van der Waals surface area contributed by atoms with Crippen LogP contribution in [-0.4, -0.2) is 42.6 Å². The number of phenols is 1. The standard InChI is InChI=1S/C13H21N5O/c1-9-10(5-4-6-11(9)19)7-8-16-12(14)17-13(15)18(2)3/h4-6,19H,7-8H2,1-3H3,(H4,14,15,16,17). The van der Waals surface area contributed by atoms with Crippen molar-refractivity contribution in [2.45, 2.75) is 13.3 Å². The summed E-state index contributed by atoms with van der Waals surface area (Å²) in [6.07, 6.45) is 0.693. The number of aliphatic imine (C=N–C) groups is 2. The highest BCUT2D eigenvalue weighted by Crippen LogP contribution is 2.19. The normalized spacial score (nSPS) is 12.6. The zero-order chi connectivity index (χ0) is 14.4. The number of hydrogen-bond donors (Lipinski definition) is 3. The maximum Gasteiger partial charge on any atom is 0.218 e. The molecule has 0 unspecified atom stereocenters. The number of phenolic OH excluding ortho intramolecular Hbond substituents is 1. The van der Waals surface area contributed by atoms with Gasteiger partial charge < -0.3 is 21.5 Å². The summed E-state index contributed by atoms with van der Waals surface area (Å²) in [7, 11) is 3.56. The summed E-state index contributed by atoms with van der Waals surface area (Å²) < 4.78 is 0. The van der Waals surface area contributed by atoms with Gasteiger partial charge in [-0.2, -0.15) is 4.99 Å². The minimum absolute atomic E-state index is 0.156. The molecule has 6 nitrogen and oxygen atoms in total. The number of nitrogens with two attached hydrogens (primary N) is 2. The first-order chi connectivity index (χ1) is 8.91. The Morgan fingerprint density at radius 1 is 1.32 bits per heavy atom. The first-order valence-electron chi connectivity index (χ1n) is 6.00. The topological polar surface area (TPSA) is 100 Å². The van der Waals surface area contributed by atoms with Crippen molar-refractivity contribution in [2.75, 3.05) is 20.6 Å². The number of hydrogen-bond acceptors (Lipinski definition) is 2. The van der Waals surface area contributed by atoms with Crippen molar-refractivity contribution in [3.8, 4) is 5.75 Å². The lowest BCUT2D eigenvalue weighted by Crippen LogP contribution is -2.32. The van der Waals surface area contributed by atoms with E-state index in [1.807, 2.05) is 19.1 Å². The summed E-state index contributed by atoms with van der Waals surface area (Å²) in [4.78, 5) is 9.73. The molecule has 6 heteroatoms. The van der Waals surface area contributed by atoms with E-state index < -0.39 is 0 Å². The Morgan fingerprint density at radius 2 is 2.00 bits per heavy atom. The fourth-order valence-corrected chi connectivity index (χ4v) is 1.48. The highest BCUT2D eigenvalue weighted by molar-refractivity contribution is 5.93. The summed E-state index contributed by atoms with van der Waals surface area (Å²) in [6.45, 7) is 2.38. The first kappa shape index (κ1) is 14.8. The molecule has 0 atom stereocenters. The lowest BCUT2D eigenvalue weighted by molar-refractivity contribution is 0.470. The van der Waals surface area contributed by atoms with Crippen molar-refractivity contribution in [1.82, 2.24) is 4.90 Å². The van der Waals surface area contributed by atoms with Crippen LogP contribution < -0.4 is 11.5 Å². The molecule has 0 bridgehead atoms. The largest absolute Gasteiger partial charge is 0.508 e. The van der Waals surface area contributed by atoms with Gasteiger partial charge in [0.2, 0.25) is 5.96 Å². The van der Waals surface area contributed by atoms with Gasteiger partial charge in [0.05, 0.1) is 0 Å². The first-order valence-corrected chi connectivity index (χ1v) is 6.00. The predicted molar refractivity (Wildman–Crippen MR) is 78.3 cm³/mol. The van der Waals surface area contributed by atoms with Crippen LogP contribution in [0.1, 0.15) is 11.1 Å². The monoisotopic (exact) mass is 263 g/mol. The van der Waals surface area contributed by atoms with Crippen LogP contribution in [-0.2, 0) is 6.42 Å². The van der Waals surface area contributed by atoms with E-state index in [2.05, 4.69) is 9.98 Å². The number of aromatic hydroxyl groups is 1. The Balaban J connectivity index is 2.63. The average molecular weight is 263 g/mol. The van der Waals surface area contributed by atoms with E-state index in [0.29, 0.717) is 24.7 Å². The van der Waals surface area contributed by atoms with E-state index in [9.17, 15) is 5.11 Å². The molecule has 0 fully saturated rings. The maximum atomic E-state index is 9.58. The van der Waals surface area contributed by atoms with Crippen LogP contribution in [0.2, 0.25) is 0 Å². The van der Waals surface area contributed by atoms with E-state index in [-0.39, 0.29) is 5.96 Å². The zero-order valence-electron chi connectivity index (χ0n) is 11.6. The molecule has 1 rings (SSSR count). The molecule has 0 heterocycles.